The molecular weight excluding hydrogens is 324 g/mol. The number of fused-ring (bicyclic) bond motifs is 1. The highest BCUT2D eigenvalue weighted by Crippen LogP contribution is 2.36. The summed E-state index contributed by atoms with van der Waals surface area (Å²) in [5, 5.41) is 12.5. The predicted molar refractivity (Wildman–Crippen MR) is 99.7 cm³/mol. The van der Waals surface area contributed by atoms with Crippen molar-refractivity contribution in [1.29, 1.82) is 5.26 Å². The van der Waals surface area contributed by atoms with Crippen LogP contribution in [-0.4, -0.2) is 10.9 Å². The lowest BCUT2D eigenvalue weighted by atomic mass is 10.2. The summed E-state index contributed by atoms with van der Waals surface area (Å²) in [6, 6.07) is 20.7. The van der Waals surface area contributed by atoms with Gasteiger partial charge in [-0.05, 0) is 49.4 Å². The second-order valence-electron chi connectivity index (χ2n) is 6.19. The van der Waals surface area contributed by atoms with Gasteiger partial charge in [-0.15, -0.1) is 0 Å². The van der Waals surface area contributed by atoms with Gasteiger partial charge in [0.15, 0.2) is 6.17 Å². The number of nitrogens with one attached hydrogen (secondary N) is 1. The lowest BCUT2D eigenvalue weighted by Gasteiger charge is -2.26. The van der Waals surface area contributed by atoms with Crippen molar-refractivity contribution >= 4 is 17.3 Å². The van der Waals surface area contributed by atoms with Crippen LogP contribution >= 0.6 is 0 Å². The van der Waals surface area contributed by atoms with Crippen LogP contribution in [0.5, 0.6) is 0 Å². The van der Waals surface area contributed by atoms with Crippen molar-refractivity contribution < 1.29 is 4.79 Å². The average molecular weight is 340 g/mol. The van der Waals surface area contributed by atoms with Crippen molar-refractivity contribution in [2.75, 3.05) is 10.2 Å². The molecule has 1 aromatic heterocycles. The first-order valence-electron chi connectivity index (χ1n) is 8.29. The summed E-state index contributed by atoms with van der Waals surface area (Å²) in [7, 11) is 0. The normalized spacial score (nSPS) is 15.5. The summed E-state index contributed by atoms with van der Waals surface area (Å²) in [5.41, 5.74) is 4.51. The maximum absolute atomic E-state index is 13.0. The summed E-state index contributed by atoms with van der Waals surface area (Å²) in [6.07, 6.45) is 1.25. The van der Waals surface area contributed by atoms with Gasteiger partial charge in [0.2, 0.25) is 0 Å². The zero-order chi connectivity index (χ0) is 18.1. The van der Waals surface area contributed by atoms with E-state index in [1.165, 1.54) is 0 Å². The Morgan fingerprint density at radius 1 is 1.12 bits per heavy atom. The molecule has 2 aromatic carbocycles. The molecule has 0 aliphatic carbocycles. The number of rotatable bonds is 3. The summed E-state index contributed by atoms with van der Waals surface area (Å²) < 4.78 is 0. The third-order valence-corrected chi connectivity index (χ3v) is 4.41. The Bertz CT molecular complexity index is 1020. The first-order valence-corrected chi connectivity index (χ1v) is 8.29. The van der Waals surface area contributed by atoms with Gasteiger partial charge < -0.3 is 5.32 Å². The Labute approximate surface area is 151 Å². The largest absolute Gasteiger partial charge is 0.360 e. The number of carbonyl (C=O) groups is 1. The Hall–Kier alpha value is -3.65. The highest BCUT2D eigenvalue weighted by Gasteiger charge is 2.38. The molecular formula is C21H16N4O. The zero-order valence-electron chi connectivity index (χ0n) is 14.2. The molecule has 3 aromatic rings. The minimum atomic E-state index is -0.435. The number of anilines is 2. The Balaban J connectivity index is 1.78. The van der Waals surface area contributed by atoms with E-state index >= 15 is 0 Å². The van der Waals surface area contributed by atoms with Crippen molar-refractivity contribution in [3.8, 4) is 6.07 Å². The standard InChI is InChI=1S/C21H16N4O/c1-14-7-9-17(10-8-14)25-20(19-18(21(25)26)6-3-11-23-19)24-16-5-2-4-15(12-16)13-22/h2-12,20,24H,1H3/t20-/m0/s1. The van der Waals surface area contributed by atoms with E-state index in [1.807, 2.05) is 43.3 Å². The number of nitrogens with zero attached hydrogens (tertiary/aromatic N) is 3. The number of hydrogen-bond donors (Lipinski definition) is 1. The number of amides is 1. The van der Waals surface area contributed by atoms with Gasteiger partial charge in [-0.3, -0.25) is 14.7 Å². The van der Waals surface area contributed by atoms with E-state index in [4.69, 9.17) is 5.26 Å². The fraction of sp³-hybridized carbons (Fsp3) is 0.0952. The van der Waals surface area contributed by atoms with E-state index in [1.54, 1.807) is 35.4 Å². The SMILES string of the molecule is Cc1ccc(N2C(=O)c3cccnc3[C@H]2Nc2cccc(C#N)c2)cc1. The molecule has 1 atom stereocenters. The van der Waals surface area contributed by atoms with Crippen molar-refractivity contribution in [2.24, 2.45) is 0 Å². The number of pyridine rings is 1. The molecule has 0 radical (unpaired) electrons. The molecule has 4 rings (SSSR count). The quantitative estimate of drug-likeness (QED) is 0.781. The molecule has 1 aliphatic heterocycles. The van der Waals surface area contributed by atoms with E-state index < -0.39 is 6.17 Å². The van der Waals surface area contributed by atoms with Crippen LogP contribution in [0.1, 0.15) is 33.3 Å². The van der Waals surface area contributed by atoms with Gasteiger partial charge in [0.05, 0.1) is 22.9 Å². The van der Waals surface area contributed by atoms with Crippen molar-refractivity contribution in [3.63, 3.8) is 0 Å². The van der Waals surface area contributed by atoms with Gasteiger partial charge >= 0.3 is 0 Å². The highest BCUT2D eigenvalue weighted by molar-refractivity contribution is 6.11. The molecule has 0 fully saturated rings. The van der Waals surface area contributed by atoms with E-state index in [0.29, 0.717) is 16.8 Å². The van der Waals surface area contributed by atoms with Crippen molar-refractivity contribution in [3.05, 3.63) is 89.2 Å². The Morgan fingerprint density at radius 3 is 2.69 bits per heavy atom. The molecule has 1 aliphatic rings. The molecule has 0 saturated heterocycles. The zero-order valence-corrected chi connectivity index (χ0v) is 14.2. The molecule has 2 heterocycles. The number of aromatic nitrogens is 1. The van der Waals surface area contributed by atoms with Crippen LogP contribution in [0.2, 0.25) is 0 Å². The second kappa shape index (κ2) is 6.34. The Morgan fingerprint density at radius 2 is 1.92 bits per heavy atom. The van der Waals surface area contributed by atoms with Crippen LogP contribution in [0.3, 0.4) is 0 Å². The van der Waals surface area contributed by atoms with Crippen LogP contribution < -0.4 is 10.2 Å². The fourth-order valence-electron chi connectivity index (χ4n) is 3.13. The molecule has 26 heavy (non-hydrogen) atoms. The number of aryl methyl sites for hydroxylation is 1. The van der Waals surface area contributed by atoms with Gasteiger partial charge in [-0.1, -0.05) is 23.8 Å². The van der Waals surface area contributed by atoms with Gasteiger partial charge in [0.25, 0.3) is 5.91 Å². The summed E-state index contributed by atoms with van der Waals surface area (Å²) >= 11 is 0. The summed E-state index contributed by atoms with van der Waals surface area (Å²) in [4.78, 5) is 19.1. The molecule has 0 spiro atoms. The van der Waals surface area contributed by atoms with Crippen LogP contribution in [-0.2, 0) is 0 Å². The molecule has 5 heteroatoms. The summed E-state index contributed by atoms with van der Waals surface area (Å²) in [5.74, 6) is -0.0918. The first kappa shape index (κ1) is 15.9. The van der Waals surface area contributed by atoms with E-state index in [-0.39, 0.29) is 5.91 Å². The third kappa shape index (κ3) is 2.68. The number of benzene rings is 2. The van der Waals surface area contributed by atoms with Gasteiger partial charge in [0.1, 0.15) is 0 Å². The second-order valence-corrected chi connectivity index (χ2v) is 6.19. The topological polar surface area (TPSA) is 69.0 Å². The monoisotopic (exact) mass is 340 g/mol. The molecule has 1 N–H and O–H groups in total. The lowest BCUT2D eigenvalue weighted by molar-refractivity contribution is 0.0993. The van der Waals surface area contributed by atoms with Crippen LogP contribution in [0.15, 0.2) is 66.9 Å². The maximum atomic E-state index is 13.0. The lowest BCUT2D eigenvalue weighted by Crippen LogP contribution is -2.32. The molecule has 0 saturated carbocycles. The number of hydrogen-bond acceptors (Lipinski definition) is 4. The van der Waals surface area contributed by atoms with Gasteiger partial charge in [-0.2, -0.15) is 5.26 Å². The van der Waals surface area contributed by atoms with Crippen molar-refractivity contribution in [1.82, 2.24) is 4.98 Å². The molecule has 1 amide bonds. The third-order valence-electron chi connectivity index (χ3n) is 4.41. The summed E-state index contributed by atoms with van der Waals surface area (Å²) in [6.45, 7) is 2.01. The minimum Gasteiger partial charge on any atom is -0.360 e. The van der Waals surface area contributed by atoms with Crippen LogP contribution in [0.4, 0.5) is 11.4 Å². The molecule has 5 nitrogen and oxygen atoms in total. The van der Waals surface area contributed by atoms with Crippen LogP contribution in [0.25, 0.3) is 0 Å². The Kier molecular flexibility index (Phi) is 3.86. The highest BCUT2D eigenvalue weighted by atomic mass is 16.2. The fourth-order valence-corrected chi connectivity index (χ4v) is 3.13. The minimum absolute atomic E-state index is 0.0918. The maximum Gasteiger partial charge on any atom is 0.262 e. The molecule has 0 bridgehead atoms. The number of carbonyl (C=O) groups excluding carboxylic acids is 1. The van der Waals surface area contributed by atoms with E-state index in [0.717, 1.165) is 16.9 Å². The number of nitriles is 1. The van der Waals surface area contributed by atoms with Gasteiger partial charge in [-0.25, -0.2) is 0 Å². The van der Waals surface area contributed by atoms with Gasteiger partial charge in [0, 0.05) is 17.6 Å². The van der Waals surface area contributed by atoms with E-state index in [9.17, 15) is 4.79 Å². The molecule has 0 unspecified atom stereocenters. The van der Waals surface area contributed by atoms with E-state index in [2.05, 4.69) is 16.4 Å². The van der Waals surface area contributed by atoms with Crippen molar-refractivity contribution in [2.45, 2.75) is 13.1 Å². The average Bonchev–Trinajstić information content (AvgIpc) is 2.95. The first-order chi connectivity index (χ1) is 12.7. The predicted octanol–water partition coefficient (Wildman–Crippen LogP) is 4.03. The molecule has 126 valence electrons. The van der Waals surface area contributed by atoms with Crippen LogP contribution in [0, 0.1) is 18.3 Å². The smallest absolute Gasteiger partial charge is 0.262 e.